The number of rotatable bonds is 4. The van der Waals surface area contributed by atoms with Crippen LogP contribution in [0.3, 0.4) is 0 Å². The van der Waals surface area contributed by atoms with Crippen LogP contribution in [-0.4, -0.2) is 36.9 Å². The number of carboxylic acid groups (broad SMARTS) is 1. The lowest BCUT2D eigenvalue weighted by molar-refractivity contribution is -0.148. The lowest BCUT2D eigenvalue weighted by atomic mass is 9.85. The maximum absolute atomic E-state index is 12.5. The van der Waals surface area contributed by atoms with Gasteiger partial charge in [-0.05, 0) is 31.0 Å². The van der Waals surface area contributed by atoms with Crippen LogP contribution < -0.4 is 0 Å². The lowest BCUT2D eigenvalue weighted by Gasteiger charge is -2.23. The second-order valence-corrected chi connectivity index (χ2v) is 7.84. The molecule has 1 atom stereocenters. The summed E-state index contributed by atoms with van der Waals surface area (Å²) in [5.41, 5.74) is -0.959. The highest BCUT2D eigenvalue weighted by Crippen LogP contribution is 2.37. The molecule has 2 rings (SSSR count). The summed E-state index contributed by atoms with van der Waals surface area (Å²) in [5, 5.41) is 9.33. The van der Waals surface area contributed by atoms with Crippen molar-refractivity contribution in [1.29, 1.82) is 0 Å². The molecular weight excluding hydrogens is 346 g/mol. The Labute approximate surface area is 126 Å². The van der Waals surface area contributed by atoms with Crippen LogP contribution in [-0.2, 0) is 14.8 Å². The van der Waals surface area contributed by atoms with Crippen LogP contribution in [0.5, 0.6) is 0 Å². The summed E-state index contributed by atoms with van der Waals surface area (Å²) in [5.74, 6) is -0.924. The number of carboxylic acids is 1. The third-order valence-corrected chi connectivity index (χ3v) is 6.22. The molecule has 1 heterocycles. The molecule has 7 heteroatoms. The van der Waals surface area contributed by atoms with Crippen molar-refractivity contribution in [3.8, 4) is 0 Å². The molecule has 5 nitrogen and oxygen atoms in total. The summed E-state index contributed by atoms with van der Waals surface area (Å²) in [6.07, 6.45) is 0.777. The van der Waals surface area contributed by atoms with E-state index < -0.39 is 21.4 Å². The third kappa shape index (κ3) is 2.62. The Hall–Kier alpha value is -0.920. The standard InChI is InChI=1S/C13H16BrNO4S/c1-2-13(12(16)17)6-7-15(9-13)20(18,19)11-5-3-4-10(14)8-11/h3-5,8H,2,6-7,9H2,1H3,(H,16,17). The van der Waals surface area contributed by atoms with Gasteiger partial charge in [0, 0.05) is 17.6 Å². The molecule has 1 aromatic carbocycles. The SMILES string of the molecule is CCC1(C(=O)O)CCN(S(=O)(=O)c2cccc(Br)c2)C1. The molecule has 0 bridgehead atoms. The lowest BCUT2D eigenvalue weighted by Crippen LogP contribution is -2.36. The predicted octanol–water partition coefficient (Wildman–Crippen LogP) is 2.32. The van der Waals surface area contributed by atoms with Crippen molar-refractivity contribution in [1.82, 2.24) is 4.31 Å². The minimum absolute atomic E-state index is 0.0354. The van der Waals surface area contributed by atoms with Crippen LogP contribution in [0.2, 0.25) is 0 Å². The molecular formula is C13H16BrNO4S. The van der Waals surface area contributed by atoms with E-state index in [4.69, 9.17) is 0 Å². The topological polar surface area (TPSA) is 74.7 Å². The maximum Gasteiger partial charge on any atom is 0.311 e. The fourth-order valence-corrected chi connectivity index (χ4v) is 4.55. The average Bonchev–Trinajstić information content (AvgIpc) is 2.85. The number of nitrogens with zero attached hydrogens (tertiary/aromatic N) is 1. The highest BCUT2D eigenvalue weighted by Gasteiger charge is 2.47. The third-order valence-electron chi connectivity index (χ3n) is 3.88. The van der Waals surface area contributed by atoms with E-state index in [1.165, 1.54) is 16.4 Å². The first-order valence-corrected chi connectivity index (χ1v) is 8.54. The number of hydrogen-bond acceptors (Lipinski definition) is 3. The first-order chi connectivity index (χ1) is 9.32. The van der Waals surface area contributed by atoms with E-state index in [1.54, 1.807) is 19.1 Å². The van der Waals surface area contributed by atoms with E-state index in [-0.39, 0.29) is 18.0 Å². The molecule has 0 radical (unpaired) electrons. The summed E-state index contributed by atoms with van der Waals surface area (Å²) in [4.78, 5) is 11.6. The van der Waals surface area contributed by atoms with Crippen LogP contribution in [0.1, 0.15) is 19.8 Å². The summed E-state index contributed by atoms with van der Waals surface area (Å²) < 4.78 is 27.0. The first-order valence-electron chi connectivity index (χ1n) is 6.31. The normalized spacial score (nSPS) is 23.9. The van der Waals surface area contributed by atoms with Crippen molar-refractivity contribution in [2.75, 3.05) is 13.1 Å². The summed E-state index contributed by atoms with van der Waals surface area (Å²) in [6.45, 7) is 2.06. The molecule has 1 aromatic rings. The van der Waals surface area contributed by atoms with E-state index in [0.29, 0.717) is 17.3 Å². The van der Waals surface area contributed by atoms with Crippen molar-refractivity contribution >= 4 is 31.9 Å². The van der Waals surface area contributed by atoms with Crippen LogP contribution in [0.25, 0.3) is 0 Å². The minimum Gasteiger partial charge on any atom is -0.481 e. The molecule has 0 spiro atoms. The number of benzene rings is 1. The van der Waals surface area contributed by atoms with Crippen molar-refractivity contribution < 1.29 is 18.3 Å². The Kier molecular flexibility index (Phi) is 4.22. The Morgan fingerprint density at radius 3 is 2.70 bits per heavy atom. The fraction of sp³-hybridized carbons (Fsp3) is 0.462. The number of carbonyl (C=O) groups is 1. The molecule has 1 saturated heterocycles. The van der Waals surface area contributed by atoms with E-state index >= 15 is 0 Å². The van der Waals surface area contributed by atoms with Gasteiger partial charge in [0.2, 0.25) is 10.0 Å². The largest absolute Gasteiger partial charge is 0.481 e. The Bertz CT molecular complexity index is 631. The van der Waals surface area contributed by atoms with Gasteiger partial charge in [0.1, 0.15) is 0 Å². The molecule has 1 aliphatic heterocycles. The van der Waals surface area contributed by atoms with Gasteiger partial charge in [0.15, 0.2) is 0 Å². The van der Waals surface area contributed by atoms with Gasteiger partial charge in [0.25, 0.3) is 0 Å². The van der Waals surface area contributed by atoms with Crippen LogP contribution >= 0.6 is 15.9 Å². The van der Waals surface area contributed by atoms with E-state index in [1.807, 2.05) is 0 Å². The zero-order valence-corrected chi connectivity index (χ0v) is 13.4. The summed E-state index contributed by atoms with van der Waals surface area (Å²) in [6, 6.07) is 6.45. The number of hydrogen-bond donors (Lipinski definition) is 1. The smallest absolute Gasteiger partial charge is 0.311 e. The highest BCUT2D eigenvalue weighted by molar-refractivity contribution is 9.10. The van der Waals surface area contributed by atoms with Gasteiger partial charge in [-0.1, -0.05) is 28.9 Å². The quantitative estimate of drug-likeness (QED) is 0.892. The molecule has 1 unspecified atom stereocenters. The average molecular weight is 362 g/mol. The zero-order valence-electron chi connectivity index (χ0n) is 11.0. The molecule has 0 aromatic heterocycles. The molecule has 110 valence electrons. The van der Waals surface area contributed by atoms with E-state index in [0.717, 1.165) is 0 Å². The van der Waals surface area contributed by atoms with Gasteiger partial charge < -0.3 is 5.11 Å². The maximum atomic E-state index is 12.5. The van der Waals surface area contributed by atoms with Gasteiger partial charge >= 0.3 is 5.97 Å². The van der Waals surface area contributed by atoms with Gasteiger partial charge in [-0.25, -0.2) is 8.42 Å². The zero-order chi connectivity index (χ0) is 15.0. The molecule has 1 N–H and O–H groups in total. The molecule has 1 fully saturated rings. The first kappa shape index (κ1) is 15.5. The predicted molar refractivity (Wildman–Crippen MR) is 77.9 cm³/mol. The molecule has 1 aliphatic rings. The monoisotopic (exact) mass is 361 g/mol. The second-order valence-electron chi connectivity index (χ2n) is 4.99. The highest BCUT2D eigenvalue weighted by atomic mass is 79.9. The van der Waals surface area contributed by atoms with Crippen LogP contribution in [0.4, 0.5) is 0 Å². The van der Waals surface area contributed by atoms with Crippen molar-refractivity contribution in [3.63, 3.8) is 0 Å². The van der Waals surface area contributed by atoms with Crippen molar-refractivity contribution in [2.24, 2.45) is 5.41 Å². The number of aliphatic carboxylic acids is 1. The fourth-order valence-electron chi connectivity index (χ4n) is 2.43. The Morgan fingerprint density at radius 1 is 1.50 bits per heavy atom. The van der Waals surface area contributed by atoms with Gasteiger partial charge in [-0.15, -0.1) is 0 Å². The molecule has 0 saturated carbocycles. The number of halogens is 1. The van der Waals surface area contributed by atoms with E-state index in [2.05, 4.69) is 15.9 Å². The van der Waals surface area contributed by atoms with Gasteiger partial charge in [0.05, 0.1) is 10.3 Å². The van der Waals surface area contributed by atoms with Crippen LogP contribution in [0, 0.1) is 5.41 Å². The van der Waals surface area contributed by atoms with E-state index in [9.17, 15) is 18.3 Å². The van der Waals surface area contributed by atoms with Crippen LogP contribution in [0.15, 0.2) is 33.6 Å². The van der Waals surface area contributed by atoms with Gasteiger partial charge in [-0.2, -0.15) is 4.31 Å². The molecule has 0 aliphatic carbocycles. The minimum atomic E-state index is -3.64. The van der Waals surface area contributed by atoms with Crippen molar-refractivity contribution in [3.05, 3.63) is 28.7 Å². The summed E-state index contributed by atoms with van der Waals surface area (Å²) >= 11 is 3.25. The Balaban J connectivity index is 2.32. The summed E-state index contributed by atoms with van der Waals surface area (Å²) in [7, 11) is -3.64. The second kappa shape index (κ2) is 5.46. The van der Waals surface area contributed by atoms with Crippen molar-refractivity contribution in [2.45, 2.75) is 24.7 Å². The molecule has 0 amide bonds. The molecule has 20 heavy (non-hydrogen) atoms. The Morgan fingerprint density at radius 2 is 2.20 bits per heavy atom. The number of sulfonamides is 1. The van der Waals surface area contributed by atoms with Gasteiger partial charge in [-0.3, -0.25) is 4.79 Å².